The molecule has 0 heterocycles. The maximum absolute atomic E-state index is 13.4. The lowest BCUT2D eigenvalue weighted by molar-refractivity contribution is -0.301. The normalized spacial score (nSPS) is 38.1. The van der Waals surface area contributed by atoms with Crippen molar-refractivity contribution in [2.24, 2.45) is 46.3 Å². The van der Waals surface area contributed by atoms with E-state index in [1.54, 1.807) is 0 Å². The van der Waals surface area contributed by atoms with E-state index >= 15 is 0 Å². The average molecular weight is 490 g/mol. The van der Waals surface area contributed by atoms with Gasteiger partial charge >= 0.3 is 5.97 Å². The van der Waals surface area contributed by atoms with Gasteiger partial charge in [-0.05, 0) is 73.5 Å². The molecule has 35 heavy (non-hydrogen) atoms. The van der Waals surface area contributed by atoms with Gasteiger partial charge in [-0.15, -0.1) is 0 Å². The third-order valence-electron chi connectivity index (χ3n) is 10.2. The van der Waals surface area contributed by atoms with Crippen molar-refractivity contribution in [2.75, 3.05) is 0 Å². The number of hydrogen-bond acceptors (Lipinski definition) is 6. The largest absolute Gasteiger partial charge is 0.542 e. The number of fused-ring (bicyclic) bond motifs is 1. The number of Topliss-reactive ketones (excluding diaryl/α,β-unsaturated/α-hetero) is 2. The summed E-state index contributed by atoms with van der Waals surface area (Å²) in [7, 11) is 0. The van der Waals surface area contributed by atoms with Gasteiger partial charge in [0.1, 0.15) is 17.9 Å². The third-order valence-corrected chi connectivity index (χ3v) is 10.2. The van der Waals surface area contributed by atoms with E-state index in [1.165, 1.54) is 19.8 Å². The number of esters is 1. The van der Waals surface area contributed by atoms with Gasteiger partial charge in [0, 0.05) is 24.7 Å². The molecule has 0 aromatic heterocycles. The first-order valence-electron chi connectivity index (χ1n) is 13.8. The second kappa shape index (κ2) is 10.7. The van der Waals surface area contributed by atoms with Gasteiger partial charge in [0.25, 0.3) is 0 Å². The fourth-order valence-electron chi connectivity index (χ4n) is 8.25. The van der Waals surface area contributed by atoms with Crippen molar-refractivity contribution >= 4 is 23.5 Å². The van der Waals surface area contributed by atoms with E-state index in [-0.39, 0.29) is 29.5 Å². The van der Waals surface area contributed by atoms with Crippen LogP contribution in [-0.4, -0.2) is 29.6 Å². The van der Waals surface area contributed by atoms with Crippen LogP contribution in [0.1, 0.15) is 106 Å². The van der Waals surface area contributed by atoms with E-state index in [4.69, 9.17) is 4.74 Å². The number of hydrogen-bond donors (Lipinski definition) is 0. The Morgan fingerprint density at radius 3 is 2.26 bits per heavy atom. The number of aliphatic carboxylic acids is 1. The molecule has 198 valence electrons. The van der Waals surface area contributed by atoms with Crippen LogP contribution in [-0.2, 0) is 23.9 Å². The van der Waals surface area contributed by atoms with Crippen molar-refractivity contribution in [1.82, 2.24) is 0 Å². The Labute approximate surface area is 210 Å². The molecule has 0 radical (unpaired) electrons. The fraction of sp³-hybridized carbons (Fsp3) is 0.862. The molecular weight excluding hydrogens is 444 g/mol. The zero-order valence-electron chi connectivity index (χ0n) is 22.6. The molecule has 0 aromatic carbocycles. The Hall–Kier alpha value is -1.72. The molecular formula is C29H45O6-. The molecule has 0 amide bonds. The van der Waals surface area contributed by atoms with Gasteiger partial charge in [0.05, 0.1) is 0 Å². The molecule has 8 atom stereocenters. The topological polar surface area (TPSA) is 101 Å². The highest BCUT2D eigenvalue weighted by Gasteiger charge is 2.61. The first kappa shape index (κ1) is 27.9. The van der Waals surface area contributed by atoms with Crippen LogP contribution < -0.4 is 5.11 Å². The molecule has 3 saturated carbocycles. The van der Waals surface area contributed by atoms with Crippen LogP contribution in [0.2, 0.25) is 0 Å². The predicted molar refractivity (Wildman–Crippen MR) is 131 cm³/mol. The van der Waals surface area contributed by atoms with Crippen molar-refractivity contribution in [3.05, 3.63) is 0 Å². The molecule has 0 spiro atoms. The number of carbonyl (C=O) groups is 4. The molecule has 3 aliphatic carbocycles. The highest BCUT2D eigenvalue weighted by molar-refractivity contribution is 6.32. The summed E-state index contributed by atoms with van der Waals surface area (Å²) in [6.07, 6.45) is 7.74. The summed E-state index contributed by atoms with van der Waals surface area (Å²) in [5.74, 6) is -2.24. The lowest BCUT2D eigenvalue weighted by Crippen LogP contribution is -2.56. The molecule has 0 bridgehead atoms. The SMILES string of the molecule is CC(=O)O[C@H]1CC[C@](C)([C@H]2CC[C@@]3(C)[C@H](CC[C@@H]3[C@@H](C)CCCC(C)C)[C@@H]2C(=O)C(=O)[O-])C(=O)C1. The molecule has 3 fully saturated rings. The molecule has 6 heteroatoms. The molecule has 0 aromatic rings. The van der Waals surface area contributed by atoms with E-state index in [2.05, 4.69) is 27.7 Å². The van der Waals surface area contributed by atoms with E-state index in [0.29, 0.717) is 37.0 Å². The minimum atomic E-state index is -1.62. The number of ketones is 2. The molecule has 0 aliphatic heterocycles. The van der Waals surface area contributed by atoms with Crippen LogP contribution in [0.15, 0.2) is 0 Å². The number of ether oxygens (including phenoxy) is 1. The third kappa shape index (κ3) is 5.51. The van der Waals surface area contributed by atoms with Gasteiger partial charge in [-0.2, -0.15) is 0 Å². The van der Waals surface area contributed by atoms with Crippen LogP contribution in [0, 0.1) is 46.3 Å². The Morgan fingerprint density at radius 1 is 1.00 bits per heavy atom. The Bertz CT molecular complexity index is 833. The smallest absolute Gasteiger partial charge is 0.302 e. The van der Waals surface area contributed by atoms with Gasteiger partial charge in [-0.3, -0.25) is 14.4 Å². The maximum Gasteiger partial charge on any atom is 0.302 e. The summed E-state index contributed by atoms with van der Waals surface area (Å²) < 4.78 is 5.30. The van der Waals surface area contributed by atoms with Crippen molar-refractivity contribution < 1.29 is 29.0 Å². The highest BCUT2D eigenvalue weighted by atomic mass is 16.5. The molecule has 0 saturated heterocycles. The Kier molecular flexibility index (Phi) is 8.53. The molecule has 3 aliphatic rings. The van der Waals surface area contributed by atoms with E-state index in [9.17, 15) is 24.3 Å². The van der Waals surface area contributed by atoms with Crippen molar-refractivity contribution in [2.45, 2.75) is 112 Å². The summed E-state index contributed by atoms with van der Waals surface area (Å²) in [4.78, 5) is 49.9. The minimum absolute atomic E-state index is 0.0173. The maximum atomic E-state index is 13.4. The molecule has 3 rings (SSSR count). The van der Waals surface area contributed by atoms with Crippen molar-refractivity contribution in [3.63, 3.8) is 0 Å². The van der Waals surface area contributed by atoms with Gasteiger partial charge in [0.15, 0.2) is 5.78 Å². The van der Waals surface area contributed by atoms with Gasteiger partial charge in [-0.1, -0.05) is 53.9 Å². The van der Waals surface area contributed by atoms with Gasteiger partial charge in [-0.25, -0.2) is 0 Å². The summed E-state index contributed by atoms with van der Waals surface area (Å²) >= 11 is 0. The summed E-state index contributed by atoms with van der Waals surface area (Å²) in [6.45, 7) is 12.3. The second-order valence-electron chi connectivity index (χ2n) is 12.7. The zero-order chi connectivity index (χ0) is 26.1. The Balaban J connectivity index is 1.84. The van der Waals surface area contributed by atoms with Crippen molar-refractivity contribution in [1.29, 1.82) is 0 Å². The van der Waals surface area contributed by atoms with Crippen LogP contribution >= 0.6 is 0 Å². The number of carboxylic acid groups (broad SMARTS) is 1. The van der Waals surface area contributed by atoms with Crippen LogP contribution in [0.25, 0.3) is 0 Å². The number of carbonyl (C=O) groups excluding carboxylic acids is 4. The quantitative estimate of drug-likeness (QED) is 0.349. The lowest BCUT2D eigenvalue weighted by Gasteiger charge is -2.54. The van der Waals surface area contributed by atoms with E-state index in [1.807, 2.05) is 6.92 Å². The minimum Gasteiger partial charge on any atom is -0.542 e. The monoisotopic (exact) mass is 489 g/mol. The van der Waals surface area contributed by atoms with E-state index in [0.717, 1.165) is 25.7 Å². The fourth-order valence-corrected chi connectivity index (χ4v) is 8.25. The van der Waals surface area contributed by atoms with Gasteiger partial charge < -0.3 is 14.6 Å². The Morgan fingerprint density at radius 2 is 1.69 bits per heavy atom. The number of rotatable bonds is 9. The molecule has 0 unspecified atom stereocenters. The lowest BCUT2D eigenvalue weighted by atomic mass is 9.49. The molecule has 0 N–H and O–H groups in total. The van der Waals surface area contributed by atoms with Crippen molar-refractivity contribution in [3.8, 4) is 0 Å². The summed E-state index contributed by atoms with van der Waals surface area (Å²) in [5, 5.41) is 11.9. The van der Waals surface area contributed by atoms with Crippen LogP contribution in [0.4, 0.5) is 0 Å². The second-order valence-corrected chi connectivity index (χ2v) is 12.7. The number of carboxylic acids is 1. The van der Waals surface area contributed by atoms with Gasteiger partial charge in [0.2, 0.25) is 0 Å². The standard InChI is InChI=1S/C29H46O6/c1-17(2)8-7-9-18(3)21-10-11-22-25(26(32)27(33)34)23(13-15-28(21,22)5)29(6)14-12-20(16-24(29)31)35-19(4)30/h17-18,20-23,25H,7-16H2,1-6H3,(H,33,34)/p-1/t18-,20-,21+,22+,23-,25-,28+,29+/m0/s1. The summed E-state index contributed by atoms with van der Waals surface area (Å²) in [5.41, 5.74) is -0.882. The molecule has 6 nitrogen and oxygen atoms in total. The van der Waals surface area contributed by atoms with E-state index < -0.39 is 35.2 Å². The van der Waals surface area contributed by atoms with Crippen LogP contribution in [0.3, 0.4) is 0 Å². The highest BCUT2D eigenvalue weighted by Crippen LogP contribution is 2.64. The zero-order valence-corrected chi connectivity index (χ0v) is 22.6. The predicted octanol–water partition coefficient (Wildman–Crippen LogP) is 4.52. The average Bonchev–Trinajstić information content (AvgIpc) is 3.11. The summed E-state index contributed by atoms with van der Waals surface area (Å²) in [6, 6.07) is 0. The van der Waals surface area contributed by atoms with Crippen LogP contribution in [0.5, 0.6) is 0 Å². The first-order valence-corrected chi connectivity index (χ1v) is 13.8. The first-order chi connectivity index (χ1) is 16.3.